The number of aliphatic imine (C=N–C) groups is 1. The molecular formula is C18H23BrFIN4. The van der Waals surface area contributed by atoms with Crippen LogP contribution in [0.4, 0.5) is 4.39 Å². The SMILES string of the molecule is CCNC(=NCCc1ccccn1)NCCc1ccc(F)c(Br)c1.I. The van der Waals surface area contributed by atoms with Gasteiger partial charge in [0, 0.05) is 37.9 Å². The minimum atomic E-state index is -0.240. The van der Waals surface area contributed by atoms with E-state index in [1.165, 1.54) is 6.07 Å². The van der Waals surface area contributed by atoms with Crippen LogP contribution in [0.2, 0.25) is 0 Å². The van der Waals surface area contributed by atoms with Crippen molar-refractivity contribution in [1.82, 2.24) is 15.6 Å². The summed E-state index contributed by atoms with van der Waals surface area (Å²) in [4.78, 5) is 8.85. The molecule has 0 saturated carbocycles. The Kier molecular flexibility index (Phi) is 10.6. The van der Waals surface area contributed by atoms with Crippen molar-refractivity contribution in [2.24, 2.45) is 4.99 Å². The maximum atomic E-state index is 13.2. The smallest absolute Gasteiger partial charge is 0.191 e. The highest BCUT2D eigenvalue weighted by atomic mass is 127. The van der Waals surface area contributed by atoms with Crippen LogP contribution >= 0.6 is 39.9 Å². The first-order valence-corrected chi connectivity index (χ1v) is 8.84. The lowest BCUT2D eigenvalue weighted by atomic mass is 10.1. The molecule has 0 radical (unpaired) electrons. The normalized spacial score (nSPS) is 10.9. The van der Waals surface area contributed by atoms with Gasteiger partial charge in [0.25, 0.3) is 0 Å². The van der Waals surface area contributed by atoms with Gasteiger partial charge in [0.2, 0.25) is 0 Å². The molecule has 0 saturated heterocycles. The Bertz CT molecular complexity index is 667. The average Bonchev–Trinajstić information content (AvgIpc) is 2.59. The largest absolute Gasteiger partial charge is 0.357 e. The van der Waals surface area contributed by atoms with E-state index in [9.17, 15) is 4.39 Å². The van der Waals surface area contributed by atoms with Gasteiger partial charge in [-0.05, 0) is 59.1 Å². The third kappa shape index (κ3) is 8.13. The summed E-state index contributed by atoms with van der Waals surface area (Å²) in [5, 5.41) is 6.52. The molecule has 0 spiro atoms. The molecule has 4 nitrogen and oxygen atoms in total. The predicted octanol–water partition coefficient (Wildman–Crippen LogP) is 3.94. The van der Waals surface area contributed by atoms with Crippen molar-refractivity contribution in [1.29, 1.82) is 0 Å². The number of hydrogen-bond acceptors (Lipinski definition) is 2. The molecule has 0 fully saturated rings. The number of halogens is 3. The summed E-state index contributed by atoms with van der Waals surface area (Å²) in [7, 11) is 0. The molecule has 2 aromatic rings. The Morgan fingerprint density at radius 3 is 2.72 bits per heavy atom. The first-order valence-electron chi connectivity index (χ1n) is 8.05. The van der Waals surface area contributed by atoms with Crippen LogP contribution in [-0.2, 0) is 12.8 Å². The molecule has 0 aliphatic heterocycles. The van der Waals surface area contributed by atoms with E-state index < -0.39 is 0 Å². The van der Waals surface area contributed by atoms with Crippen molar-refractivity contribution in [2.75, 3.05) is 19.6 Å². The molecule has 1 aromatic carbocycles. The van der Waals surface area contributed by atoms with Gasteiger partial charge in [-0.3, -0.25) is 9.98 Å². The summed E-state index contributed by atoms with van der Waals surface area (Å²) >= 11 is 3.21. The number of aromatic nitrogens is 1. The van der Waals surface area contributed by atoms with Crippen molar-refractivity contribution in [3.63, 3.8) is 0 Å². The third-order valence-corrected chi connectivity index (χ3v) is 4.01. The first kappa shape index (κ1) is 21.8. The van der Waals surface area contributed by atoms with Gasteiger partial charge in [-0.1, -0.05) is 12.1 Å². The van der Waals surface area contributed by atoms with E-state index >= 15 is 0 Å². The second-order valence-corrected chi connectivity index (χ2v) is 6.11. The van der Waals surface area contributed by atoms with Gasteiger partial charge in [-0.15, -0.1) is 24.0 Å². The molecule has 7 heteroatoms. The fraction of sp³-hybridized carbons (Fsp3) is 0.333. The second-order valence-electron chi connectivity index (χ2n) is 5.26. The number of rotatable bonds is 7. The van der Waals surface area contributed by atoms with Crippen LogP contribution in [0.25, 0.3) is 0 Å². The number of benzene rings is 1. The topological polar surface area (TPSA) is 49.3 Å². The maximum Gasteiger partial charge on any atom is 0.191 e. The minimum Gasteiger partial charge on any atom is -0.357 e. The molecule has 0 bridgehead atoms. The fourth-order valence-corrected chi connectivity index (χ4v) is 2.62. The number of nitrogens with one attached hydrogen (secondary N) is 2. The monoisotopic (exact) mass is 520 g/mol. The zero-order valence-electron chi connectivity index (χ0n) is 14.1. The molecule has 0 aliphatic rings. The van der Waals surface area contributed by atoms with Gasteiger partial charge < -0.3 is 10.6 Å². The van der Waals surface area contributed by atoms with E-state index in [-0.39, 0.29) is 29.8 Å². The average molecular weight is 521 g/mol. The molecule has 0 aliphatic carbocycles. The molecule has 0 unspecified atom stereocenters. The van der Waals surface area contributed by atoms with E-state index in [1.54, 1.807) is 12.3 Å². The number of pyridine rings is 1. The van der Waals surface area contributed by atoms with E-state index in [2.05, 4.69) is 36.5 Å². The summed E-state index contributed by atoms with van der Waals surface area (Å²) in [5.74, 6) is 0.547. The van der Waals surface area contributed by atoms with Crippen LogP contribution in [0.5, 0.6) is 0 Å². The van der Waals surface area contributed by atoms with E-state index in [4.69, 9.17) is 0 Å². The summed E-state index contributed by atoms with van der Waals surface area (Å²) < 4.78 is 13.7. The van der Waals surface area contributed by atoms with Gasteiger partial charge in [-0.2, -0.15) is 0 Å². The molecule has 0 atom stereocenters. The fourth-order valence-electron chi connectivity index (χ4n) is 2.19. The van der Waals surface area contributed by atoms with Crippen LogP contribution in [0.1, 0.15) is 18.2 Å². The van der Waals surface area contributed by atoms with Crippen molar-refractivity contribution in [2.45, 2.75) is 19.8 Å². The molecule has 2 rings (SSSR count). The van der Waals surface area contributed by atoms with Crippen molar-refractivity contribution >= 4 is 45.9 Å². The van der Waals surface area contributed by atoms with Crippen LogP contribution in [0.3, 0.4) is 0 Å². The molecular weight excluding hydrogens is 498 g/mol. The molecule has 2 N–H and O–H groups in total. The molecule has 1 aromatic heterocycles. The first-order chi connectivity index (χ1) is 11.7. The van der Waals surface area contributed by atoms with Gasteiger partial charge in [0.05, 0.1) is 4.47 Å². The lowest BCUT2D eigenvalue weighted by molar-refractivity contribution is 0.620. The Hall–Kier alpha value is -1.22. The van der Waals surface area contributed by atoms with E-state index in [0.29, 0.717) is 11.0 Å². The van der Waals surface area contributed by atoms with Gasteiger partial charge in [0.15, 0.2) is 5.96 Å². The number of nitrogens with zero attached hydrogens (tertiary/aromatic N) is 2. The van der Waals surface area contributed by atoms with Gasteiger partial charge in [0.1, 0.15) is 5.82 Å². The van der Waals surface area contributed by atoms with E-state index in [0.717, 1.165) is 43.1 Å². The highest BCUT2D eigenvalue weighted by molar-refractivity contribution is 14.0. The number of hydrogen-bond donors (Lipinski definition) is 2. The van der Waals surface area contributed by atoms with Crippen molar-refractivity contribution in [3.8, 4) is 0 Å². The number of guanidine groups is 1. The van der Waals surface area contributed by atoms with Gasteiger partial charge >= 0.3 is 0 Å². The summed E-state index contributed by atoms with van der Waals surface area (Å²) in [6, 6.07) is 11.0. The molecule has 136 valence electrons. The summed E-state index contributed by atoms with van der Waals surface area (Å²) in [5.41, 5.74) is 2.10. The summed E-state index contributed by atoms with van der Waals surface area (Å²) in [6.45, 7) is 4.24. The van der Waals surface area contributed by atoms with Crippen molar-refractivity contribution < 1.29 is 4.39 Å². The Morgan fingerprint density at radius 1 is 1.20 bits per heavy atom. The van der Waals surface area contributed by atoms with E-state index in [1.807, 2.05) is 31.2 Å². The highest BCUT2D eigenvalue weighted by Crippen LogP contribution is 2.16. The lowest BCUT2D eigenvalue weighted by Gasteiger charge is -2.11. The zero-order valence-corrected chi connectivity index (χ0v) is 18.1. The second kappa shape index (κ2) is 12.2. The highest BCUT2D eigenvalue weighted by Gasteiger charge is 2.02. The third-order valence-electron chi connectivity index (χ3n) is 3.40. The van der Waals surface area contributed by atoms with Crippen LogP contribution < -0.4 is 10.6 Å². The summed E-state index contributed by atoms with van der Waals surface area (Å²) in [6.07, 6.45) is 3.40. The molecule has 1 heterocycles. The van der Waals surface area contributed by atoms with Gasteiger partial charge in [-0.25, -0.2) is 4.39 Å². The lowest BCUT2D eigenvalue weighted by Crippen LogP contribution is -2.38. The molecule has 0 amide bonds. The zero-order chi connectivity index (χ0) is 17.2. The minimum absolute atomic E-state index is 0. The Balaban J connectivity index is 0.00000312. The Labute approximate surface area is 173 Å². The predicted molar refractivity (Wildman–Crippen MR) is 115 cm³/mol. The Morgan fingerprint density at radius 2 is 2.04 bits per heavy atom. The van der Waals surface area contributed by atoms with Crippen LogP contribution in [0, 0.1) is 5.82 Å². The molecule has 25 heavy (non-hydrogen) atoms. The van der Waals surface area contributed by atoms with Crippen LogP contribution in [-0.4, -0.2) is 30.6 Å². The maximum absolute atomic E-state index is 13.2. The van der Waals surface area contributed by atoms with Crippen molar-refractivity contribution in [3.05, 3.63) is 64.1 Å². The van der Waals surface area contributed by atoms with Crippen LogP contribution in [0.15, 0.2) is 52.1 Å². The quantitative estimate of drug-likeness (QED) is 0.330. The standard InChI is InChI=1S/C18H22BrFN4.HI/c1-2-21-18(24-12-9-15-5-3-4-10-22-15)23-11-8-14-6-7-17(20)16(19)13-14;/h3-7,10,13H,2,8-9,11-12H2,1H3,(H2,21,23,24);1H.